The lowest BCUT2D eigenvalue weighted by Crippen LogP contribution is -1.99. The van der Waals surface area contributed by atoms with Gasteiger partial charge in [0.2, 0.25) is 0 Å². The third kappa shape index (κ3) is 2.79. The van der Waals surface area contributed by atoms with Crippen LogP contribution >= 0.6 is 0 Å². The first-order valence-corrected chi connectivity index (χ1v) is 8.96. The number of rotatable bonds is 3. The summed E-state index contributed by atoms with van der Waals surface area (Å²) in [5.41, 5.74) is 5.91. The van der Waals surface area contributed by atoms with E-state index in [0.717, 1.165) is 39.5 Å². The van der Waals surface area contributed by atoms with E-state index in [1.165, 1.54) is 0 Å². The van der Waals surface area contributed by atoms with E-state index in [2.05, 4.69) is 47.0 Å². The molecular formula is C24H17N3. The SMILES string of the molecule is c1ccc(-c2ccc3nc(-c4ccccc4)n(-c4ccccc4)c3n2)cc1. The van der Waals surface area contributed by atoms with Gasteiger partial charge in [0.1, 0.15) is 11.3 Å². The summed E-state index contributed by atoms with van der Waals surface area (Å²) in [5, 5.41) is 0. The molecule has 0 unspecified atom stereocenters. The molecule has 0 N–H and O–H groups in total. The highest BCUT2D eigenvalue weighted by atomic mass is 15.1. The minimum Gasteiger partial charge on any atom is -0.277 e. The fourth-order valence-corrected chi connectivity index (χ4v) is 3.33. The van der Waals surface area contributed by atoms with Gasteiger partial charge >= 0.3 is 0 Å². The van der Waals surface area contributed by atoms with Gasteiger partial charge in [-0.25, -0.2) is 9.97 Å². The summed E-state index contributed by atoms with van der Waals surface area (Å²) in [6.07, 6.45) is 0. The van der Waals surface area contributed by atoms with Crippen LogP contribution in [0.4, 0.5) is 0 Å². The Morgan fingerprint density at radius 1 is 0.519 bits per heavy atom. The zero-order valence-electron chi connectivity index (χ0n) is 14.7. The molecule has 0 bridgehead atoms. The first-order valence-electron chi connectivity index (χ1n) is 8.96. The summed E-state index contributed by atoms with van der Waals surface area (Å²) in [5.74, 6) is 0.898. The van der Waals surface area contributed by atoms with Crippen LogP contribution in [-0.4, -0.2) is 14.5 Å². The van der Waals surface area contributed by atoms with E-state index in [0.29, 0.717) is 0 Å². The lowest BCUT2D eigenvalue weighted by Gasteiger charge is -2.09. The average Bonchev–Trinajstić information content (AvgIpc) is 3.14. The lowest BCUT2D eigenvalue weighted by atomic mass is 10.1. The summed E-state index contributed by atoms with van der Waals surface area (Å²) in [6.45, 7) is 0. The fourth-order valence-electron chi connectivity index (χ4n) is 3.33. The summed E-state index contributed by atoms with van der Waals surface area (Å²) < 4.78 is 2.14. The fraction of sp³-hybridized carbons (Fsp3) is 0. The molecular weight excluding hydrogens is 330 g/mol. The highest BCUT2D eigenvalue weighted by molar-refractivity contribution is 5.82. The van der Waals surface area contributed by atoms with Gasteiger partial charge in [0.15, 0.2) is 5.65 Å². The topological polar surface area (TPSA) is 30.7 Å². The Balaban J connectivity index is 1.80. The van der Waals surface area contributed by atoms with Crippen molar-refractivity contribution in [3.8, 4) is 28.3 Å². The van der Waals surface area contributed by atoms with Crippen molar-refractivity contribution in [1.29, 1.82) is 0 Å². The van der Waals surface area contributed by atoms with Crippen molar-refractivity contribution in [3.63, 3.8) is 0 Å². The van der Waals surface area contributed by atoms with E-state index in [4.69, 9.17) is 9.97 Å². The third-order valence-electron chi connectivity index (χ3n) is 4.62. The summed E-state index contributed by atoms with van der Waals surface area (Å²) in [4.78, 5) is 9.86. The number of pyridine rings is 1. The first kappa shape index (κ1) is 15.5. The van der Waals surface area contributed by atoms with Gasteiger partial charge in [-0.1, -0.05) is 78.9 Å². The number of benzene rings is 3. The van der Waals surface area contributed by atoms with Crippen molar-refractivity contribution in [2.75, 3.05) is 0 Å². The van der Waals surface area contributed by atoms with E-state index in [1.54, 1.807) is 0 Å². The van der Waals surface area contributed by atoms with E-state index in [-0.39, 0.29) is 0 Å². The van der Waals surface area contributed by atoms with Gasteiger partial charge in [-0.2, -0.15) is 0 Å². The van der Waals surface area contributed by atoms with E-state index >= 15 is 0 Å². The molecule has 0 atom stereocenters. The quantitative estimate of drug-likeness (QED) is 0.416. The number of nitrogens with zero attached hydrogens (tertiary/aromatic N) is 3. The van der Waals surface area contributed by atoms with Crippen molar-refractivity contribution < 1.29 is 0 Å². The number of para-hydroxylation sites is 1. The van der Waals surface area contributed by atoms with Crippen LogP contribution in [0.2, 0.25) is 0 Å². The highest BCUT2D eigenvalue weighted by Crippen LogP contribution is 2.29. The maximum atomic E-state index is 4.97. The van der Waals surface area contributed by atoms with Crippen LogP contribution < -0.4 is 0 Å². The molecule has 0 radical (unpaired) electrons. The molecule has 0 saturated heterocycles. The minimum absolute atomic E-state index is 0.862. The number of hydrogen-bond acceptors (Lipinski definition) is 2. The Labute approximate surface area is 157 Å². The van der Waals surface area contributed by atoms with Crippen LogP contribution in [-0.2, 0) is 0 Å². The second kappa shape index (κ2) is 6.54. The van der Waals surface area contributed by atoms with Crippen molar-refractivity contribution in [3.05, 3.63) is 103 Å². The predicted molar refractivity (Wildman–Crippen MR) is 110 cm³/mol. The van der Waals surface area contributed by atoms with Gasteiger partial charge in [-0.05, 0) is 24.3 Å². The van der Waals surface area contributed by atoms with E-state index in [1.807, 2.05) is 60.7 Å². The molecule has 0 spiro atoms. The van der Waals surface area contributed by atoms with Gasteiger partial charge in [-0.15, -0.1) is 0 Å². The number of aromatic nitrogens is 3. The molecule has 128 valence electrons. The number of hydrogen-bond donors (Lipinski definition) is 0. The molecule has 5 aromatic rings. The van der Waals surface area contributed by atoms with Crippen LogP contribution in [0.1, 0.15) is 0 Å². The number of imidazole rings is 1. The zero-order valence-corrected chi connectivity index (χ0v) is 14.7. The van der Waals surface area contributed by atoms with Crippen molar-refractivity contribution >= 4 is 11.2 Å². The van der Waals surface area contributed by atoms with Crippen LogP contribution in [0.25, 0.3) is 39.5 Å². The number of fused-ring (bicyclic) bond motifs is 1. The van der Waals surface area contributed by atoms with Gasteiger partial charge < -0.3 is 0 Å². The molecule has 3 aromatic carbocycles. The smallest absolute Gasteiger partial charge is 0.165 e. The van der Waals surface area contributed by atoms with E-state index < -0.39 is 0 Å². The Morgan fingerprint density at radius 2 is 1.11 bits per heavy atom. The normalized spacial score (nSPS) is 11.0. The lowest BCUT2D eigenvalue weighted by molar-refractivity contribution is 1.08. The first-order chi connectivity index (χ1) is 13.4. The highest BCUT2D eigenvalue weighted by Gasteiger charge is 2.16. The molecule has 3 heteroatoms. The van der Waals surface area contributed by atoms with Gasteiger partial charge in [-0.3, -0.25) is 4.57 Å². The molecule has 0 fully saturated rings. The van der Waals surface area contributed by atoms with Gasteiger partial charge in [0.25, 0.3) is 0 Å². The molecule has 2 heterocycles. The van der Waals surface area contributed by atoms with Crippen LogP contribution in [0, 0.1) is 0 Å². The molecule has 0 aliphatic rings. The third-order valence-corrected chi connectivity index (χ3v) is 4.62. The molecule has 27 heavy (non-hydrogen) atoms. The Hall–Kier alpha value is -3.72. The van der Waals surface area contributed by atoms with Gasteiger partial charge in [0, 0.05) is 16.8 Å². The standard InChI is InChI=1S/C24H17N3/c1-4-10-18(11-5-1)21-16-17-22-24(25-21)27(20-14-8-3-9-15-20)23(26-22)19-12-6-2-7-13-19/h1-17H. The van der Waals surface area contributed by atoms with Crippen LogP contribution in [0.15, 0.2) is 103 Å². The molecule has 5 rings (SSSR count). The van der Waals surface area contributed by atoms with Crippen LogP contribution in [0.3, 0.4) is 0 Å². The summed E-state index contributed by atoms with van der Waals surface area (Å²) in [7, 11) is 0. The van der Waals surface area contributed by atoms with Crippen molar-refractivity contribution in [2.45, 2.75) is 0 Å². The Kier molecular flexibility index (Phi) is 3.76. The zero-order chi connectivity index (χ0) is 18.1. The van der Waals surface area contributed by atoms with Crippen molar-refractivity contribution in [1.82, 2.24) is 14.5 Å². The Bertz CT molecular complexity index is 1190. The summed E-state index contributed by atoms with van der Waals surface area (Å²) in [6, 6.07) is 34.9. The minimum atomic E-state index is 0.862. The second-order valence-corrected chi connectivity index (χ2v) is 6.38. The Morgan fingerprint density at radius 3 is 1.78 bits per heavy atom. The molecule has 0 amide bonds. The summed E-state index contributed by atoms with van der Waals surface area (Å²) >= 11 is 0. The van der Waals surface area contributed by atoms with Crippen LogP contribution in [0.5, 0.6) is 0 Å². The second-order valence-electron chi connectivity index (χ2n) is 6.38. The monoisotopic (exact) mass is 347 g/mol. The average molecular weight is 347 g/mol. The van der Waals surface area contributed by atoms with E-state index in [9.17, 15) is 0 Å². The largest absolute Gasteiger partial charge is 0.277 e. The maximum absolute atomic E-state index is 4.97. The molecule has 2 aromatic heterocycles. The molecule has 0 aliphatic carbocycles. The predicted octanol–water partition coefficient (Wildman–Crippen LogP) is 5.75. The van der Waals surface area contributed by atoms with Gasteiger partial charge in [0.05, 0.1) is 5.69 Å². The molecule has 0 aliphatic heterocycles. The molecule has 0 saturated carbocycles. The van der Waals surface area contributed by atoms with Crippen molar-refractivity contribution in [2.24, 2.45) is 0 Å². The molecule has 3 nitrogen and oxygen atoms in total. The maximum Gasteiger partial charge on any atom is 0.165 e.